The zero-order valence-corrected chi connectivity index (χ0v) is 12.1. The van der Waals surface area contributed by atoms with E-state index >= 15 is 0 Å². The second-order valence-electron chi connectivity index (χ2n) is 4.75. The predicted molar refractivity (Wildman–Crippen MR) is 83.4 cm³/mol. The monoisotopic (exact) mass is 299 g/mol. The van der Waals surface area contributed by atoms with Crippen LogP contribution in [0.15, 0.2) is 53.6 Å². The Morgan fingerprint density at radius 1 is 1.14 bits per heavy atom. The van der Waals surface area contributed by atoms with Crippen molar-refractivity contribution >= 4 is 0 Å². The normalized spacial score (nSPS) is 13.0. The third-order valence-corrected chi connectivity index (χ3v) is 3.37. The standard InChI is InChI=1S/C16H17N3O3/c1-22-15-5-3-2-4-13(15)11-6-8-12(9-7-11)16(21)14(20)10-18-19-17/h2-9,14,16,20-21H,10H2,1H3. The number of hydrogen-bond acceptors (Lipinski definition) is 4. The molecule has 0 amide bonds. The van der Waals surface area contributed by atoms with Gasteiger partial charge >= 0.3 is 0 Å². The summed E-state index contributed by atoms with van der Waals surface area (Å²) < 4.78 is 5.32. The molecule has 0 aliphatic carbocycles. The molecule has 6 heteroatoms. The van der Waals surface area contributed by atoms with Crippen LogP contribution in [0.1, 0.15) is 11.7 Å². The molecule has 0 saturated carbocycles. The van der Waals surface area contributed by atoms with Crippen LogP contribution < -0.4 is 4.74 Å². The second kappa shape index (κ2) is 7.47. The minimum absolute atomic E-state index is 0.175. The molecule has 0 heterocycles. The van der Waals surface area contributed by atoms with Crippen LogP contribution in [0.4, 0.5) is 0 Å². The summed E-state index contributed by atoms with van der Waals surface area (Å²) in [5.41, 5.74) is 10.7. The van der Waals surface area contributed by atoms with Gasteiger partial charge in [-0.15, -0.1) is 0 Å². The lowest BCUT2D eigenvalue weighted by molar-refractivity contribution is 0.0244. The van der Waals surface area contributed by atoms with E-state index in [9.17, 15) is 10.2 Å². The Bertz CT molecular complexity index is 667. The Hall–Kier alpha value is -2.53. The molecule has 0 radical (unpaired) electrons. The second-order valence-corrected chi connectivity index (χ2v) is 4.75. The van der Waals surface area contributed by atoms with Crippen molar-refractivity contribution in [3.8, 4) is 16.9 Å². The Morgan fingerprint density at radius 3 is 2.45 bits per heavy atom. The molecule has 2 N–H and O–H groups in total. The van der Waals surface area contributed by atoms with Crippen LogP contribution in [0.3, 0.4) is 0 Å². The molecule has 114 valence electrons. The van der Waals surface area contributed by atoms with Crippen molar-refractivity contribution in [2.45, 2.75) is 12.2 Å². The first-order chi connectivity index (χ1) is 10.7. The van der Waals surface area contributed by atoms with Gasteiger partial charge in [-0.1, -0.05) is 47.6 Å². The Morgan fingerprint density at radius 2 is 1.82 bits per heavy atom. The number of methoxy groups -OCH3 is 1. The first-order valence-electron chi connectivity index (χ1n) is 6.77. The van der Waals surface area contributed by atoms with Gasteiger partial charge in [-0.25, -0.2) is 0 Å². The first-order valence-corrected chi connectivity index (χ1v) is 6.77. The highest BCUT2D eigenvalue weighted by Crippen LogP contribution is 2.30. The van der Waals surface area contributed by atoms with E-state index in [1.807, 2.05) is 36.4 Å². The van der Waals surface area contributed by atoms with Crippen molar-refractivity contribution in [2.75, 3.05) is 13.7 Å². The average Bonchev–Trinajstić information content (AvgIpc) is 2.59. The predicted octanol–water partition coefficient (Wildman–Crippen LogP) is 3.07. The van der Waals surface area contributed by atoms with Crippen LogP contribution in [-0.4, -0.2) is 30.0 Å². The van der Waals surface area contributed by atoms with E-state index < -0.39 is 12.2 Å². The zero-order valence-electron chi connectivity index (χ0n) is 12.1. The SMILES string of the molecule is COc1ccccc1-c1ccc(C(O)C(O)CN=[N+]=[N-])cc1. The van der Waals surface area contributed by atoms with Gasteiger partial charge in [0.15, 0.2) is 0 Å². The van der Waals surface area contributed by atoms with Gasteiger partial charge in [0.05, 0.1) is 19.8 Å². The van der Waals surface area contributed by atoms with E-state index in [-0.39, 0.29) is 6.54 Å². The smallest absolute Gasteiger partial charge is 0.126 e. The summed E-state index contributed by atoms with van der Waals surface area (Å²) in [4.78, 5) is 2.56. The molecule has 0 aliphatic heterocycles. The van der Waals surface area contributed by atoms with Gasteiger partial charge in [-0.3, -0.25) is 0 Å². The fourth-order valence-electron chi connectivity index (χ4n) is 2.19. The van der Waals surface area contributed by atoms with Crippen LogP contribution in [0, 0.1) is 0 Å². The van der Waals surface area contributed by atoms with Crippen molar-refractivity contribution in [3.05, 3.63) is 64.5 Å². The molecule has 0 aromatic heterocycles. The van der Waals surface area contributed by atoms with Gasteiger partial charge in [0.1, 0.15) is 11.9 Å². The summed E-state index contributed by atoms with van der Waals surface area (Å²) in [6, 6.07) is 14.8. The highest BCUT2D eigenvalue weighted by molar-refractivity contribution is 5.70. The topological polar surface area (TPSA) is 98.5 Å². The minimum atomic E-state index is -1.13. The van der Waals surface area contributed by atoms with Gasteiger partial charge < -0.3 is 14.9 Å². The molecule has 2 aromatic rings. The van der Waals surface area contributed by atoms with Crippen molar-refractivity contribution in [2.24, 2.45) is 5.11 Å². The molecule has 0 saturated heterocycles. The number of aliphatic hydroxyl groups excluding tert-OH is 2. The van der Waals surface area contributed by atoms with Crippen LogP contribution in [0.5, 0.6) is 5.75 Å². The zero-order chi connectivity index (χ0) is 15.9. The van der Waals surface area contributed by atoms with Gasteiger partial charge in [0.25, 0.3) is 0 Å². The van der Waals surface area contributed by atoms with E-state index in [4.69, 9.17) is 10.3 Å². The summed E-state index contributed by atoms with van der Waals surface area (Å²) in [6.07, 6.45) is -2.23. The van der Waals surface area contributed by atoms with Gasteiger partial charge in [0.2, 0.25) is 0 Å². The Kier molecular flexibility index (Phi) is 5.38. The maximum Gasteiger partial charge on any atom is 0.126 e. The van der Waals surface area contributed by atoms with Crippen molar-refractivity contribution < 1.29 is 14.9 Å². The van der Waals surface area contributed by atoms with E-state index in [0.29, 0.717) is 5.56 Å². The van der Waals surface area contributed by atoms with Crippen molar-refractivity contribution in [1.82, 2.24) is 0 Å². The van der Waals surface area contributed by atoms with Crippen LogP contribution in [0.25, 0.3) is 21.6 Å². The summed E-state index contributed by atoms with van der Waals surface area (Å²) in [7, 11) is 1.61. The minimum Gasteiger partial charge on any atom is -0.496 e. The number of ether oxygens (including phenoxy) is 1. The number of aliphatic hydroxyl groups is 2. The Balaban J connectivity index is 2.21. The number of rotatable bonds is 6. The molecule has 0 aliphatic rings. The largest absolute Gasteiger partial charge is 0.496 e. The molecule has 2 atom stereocenters. The maximum atomic E-state index is 10.0. The van der Waals surface area contributed by atoms with Gasteiger partial charge in [-0.05, 0) is 22.7 Å². The Labute approximate surface area is 128 Å². The van der Waals surface area contributed by atoms with Crippen LogP contribution >= 0.6 is 0 Å². The number of benzene rings is 2. The highest BCUT2D eigenvalue weighted by Gasteiger charge is 2.17. The molecule has 22 heavy (non-hydrogen) atoms. The first kappa shape index (κ1) is 15.9. The molecule has 2 aromatic carbocycles. The van der Waals surface area contributed by atoms with Gasteiger partial charge in [-0.2, -0.15) is 0 Å². The van der Waals surface area contributed by atoms with E-state index in [0.717, 1.165) is 16.9 Å². The van der Waals surface area contributed by atoms with E-state index in [2.05, 4.69) is 10.0 Å². The third kappa shape index (κ3) is 3.56. The lowest BCUT2D eigenvalue weighted by Gasteiger charge is -2.17. The molecule has 6 nitrogen and oxygen atoms in total. The van der Waals surface area contributed by atoms with Crippen LogP contribution in [-0.2, 0) is 0 Å². The van der Waals surface area contributed by atoms with Crippen LogP contribution in [0.2, 0.25) is 0 Å². The third-order valence-electron chi connectivity index (χ3n) is 3.37. The summed E-state index contributed by atoms with van der Waals surface area (Å²) in [5, 5.41) is 23.0. The molecule has 0 bridgehead atoms. The average molecular weight is 299 g/mol. The van der Waals surface area contributed by atoms with E-state index in [1.54, 1.807) is 19.2 Å². The molecular formula is C16H17N3O3. The fourth-order valence-corrected chi connectivity index (χ4v) is 2.19. The number of azide groups is 1. The summed E-state index contributed by atoms with van der Waals surface area (Å²) >= 11 is 0. The lowest BCUT2D eigenvalue weighted by atomic mass is 9.99. The molecule has 0 spiro atoms. The highest BCUT2D eigenvalue weighted by atomic mass is 16.5. The molecular weight excluding hydrogens is 282 g/mol. The quantitative estimate of drug-likeness (QED) is 0.487. The molecule has 2 unspecified atom stereocenters. The lowest BCUT2D eigenvalue weighted by Crippen LogP contribution is -2.21. The number of nitrogens with zero attached hydrogens (tertiary/aromatic N) is 3. The number of hydrogen-bond donors (Lipinski definition) is 2. The van der Waals surface area contributed by atoms with Crippen molar-refractivity contribution in [1.29, 1.82) is 0 Å². The van der Waals surface area contributed by atoms with Crippen molar-refractivity contribution in [3.63, 3.8) is 0 Å². The molecule has 2 rings (SSSR count). The maximum absolute atomic E-state index is 10.0. The van der Waals surface area contributed by atoms with E-state index in [1.165, 1.54) is 0 Å². The van der Waals surface area contributed by atoms with Gasteiger partial charge in [0, 0.05) is 10.5 Å². The summed E-state index contributed by atoms with van der Waals surface area (Å²) in [5.74, 6) is 0.763. The molecule has 0 fully saturated rings. The fraction of sp³-hybridized carbons (Fsp3) is 0.250. The number of para-hydroxylation sites is 1. The summed E-state index contributed by atoms with van der Waals surface area (Å²) in [6.45, 7) is -0.175.